The molecule has 0 saturated carbocycles. The maximum atomic E-state index is 12.1. The normalized spacial score (nSPS) is 10.2. The lowest BCUT2D eigenvalue weighted by Gasteiger charge is -2.08. The first-order valence-corrected chi connectivity index (χ1v) is 8.31. The van der Waals surface area contributed by atoms with E-state index in [1.165, 1.54) is 0 Å². The van der Waals surface area contributed by atoms with Crippen molar-refractivity contribution in [2.45, 2.75) is 6.92 Å². The molecule has 2 rings (SSSR count). The number of rotatable bonds is 9. The van der Waals surface area contributed by atoms with Gasteiger partial charge in [-0.3, -0.25) is 0 Å². The summed E-state index contributed by atoms with van der Waals surface area (Å²) in [4.78, 5) is 23.3. The fourth-order valence-corrected chi connectivity index (χ4v) is 2.15. The Hall–Kier alpha value is -2.92. The Morgan fingerprint density at radius 2 is 1.50 bits per heavy atom. The van der Waals surface area contributed by atoms with Gasteiger partial charge in [-0.05, 0) is 30.2 Å². The molecule has 136 valence electrons. The van der Waals surface area contributed by atoms with E-state index in [2.05, 4.69) is 6.58 Å². The van der Waals surface area contributed by atoms with Gasteiger partial charge in [0.05, 0.1) is 18.8 Å². The molecule has 2 aromatic rings. The van der Waals surface area contributed by atoms with Crippen molar-refractivity contribution in [3.8, 4) is 11.1 Å². The van der Waals surface area contributed by atoms with Crippen LogP contribution in [0.4, 0.5) is 0 Å². The Bertz CT molecular complexity index is 752. The van der Waals surface area contributed by atoms with Gasteiger partial charge in [0, 0.05) is 5.57 Å². The minimum atomic E-state index is -0.446. The minimum Gasteiger partial charge on any atom is -0.460 e. The van der Waals surface area contributed by atoms with Crippen LogP contribution in [-0.4, -0.2) is 38.4 Å². The number of carbonyl (C=O) groups excluding carboxylic acids is 2. The lowest BCUT2D eigenvalue weighted by Crippen LogP contribution is -2.14. The first-order valence-electron chi connectivity index (χ1n) is 8.31. The largest absolute Gasteiger partial charge is 0.460 e. The van der Waals surface area contributed by atoms with Crippen molar-refractivity contribution in [1.82, 2.24) is 0 Å². The van der Waals surface area contributed by atoms with Crippen molar-refractivity contribution in [2.24, 2.45) is 0 Å². The van der Waals surface area contributed by atoms with Gasteiger partial charge < -0.3 is 14.2 Å². The SMILES string of the molecule is C=C(C)C(=O)OCCOCCOC(=O)c1cccc(-c2ccccc2)c1. The molecule has 0 aliphatic heterocycles. The second-order valence-electron chi connectivity index (χ2n) is 5.61. The van der Waals surface area contributed by atoms with Gasteiger partial charge >= 0.3 is 11.9 Å². The fourth-order valence-electron chi connectivity index (χ4n) is 2.15. The van der Waals surface area contributed by atoms with E-state index in [1.54, 1.807) is 19.1 Å². The Kier molecular flexibility index (Phi) is 7.58. The molecule has 0 saturated heterocycles. The number of esters is 2. The summed E-state index contributed by atoms with van der Waals surface area (Å²) in [6, 6.07) is 17.1. The van der Waals surface area contributed by atoms with E-state index < -0.39 is 11.9 Å². The van der Waals surface area contributed by atoms with Crippen LogP contribution < -0.4 is 0 Å². The highest BCUT2D eigenvalue weighted by molar-refractivity contribution is 5.91. The third kappa shape index (κ3) is 6.18. The molecule has 0 spiro atoms. The highest BCUT2D eigenvalue weighted by Gasteiger charge is 2.08. The first-order chi connectivity index (χ1) is 12.6. The third-order valence-corrected chi connectivity index (χ3v) is 3.48. The second kappa shape index (κ2) is 10.2. The van der Waals surface area contributed by atoms with Crippen LogP contribution in [0.3, 0.4) is 0 Å². The van der Waals surface area contributed by atoms with Gasteiger partial charge in [-0.15, -0.1) is 0 Å². The van der Waals surface area contributed by atoms with Crippen molar-refractivity contribution in [1.29, 1.82) is 0 Å². The Labute approximate surface area is 153 Å². The summed E-state index contributed by atoms with van der Waals surface area (Å²) >= 11 is 0. The Morgan fingerprint density at radius 3 is 2.19 bits per heavy atom. The molecule has 0 N–H and O–H groups in total. The van der Waals surface area contributed by atoms with Crippen molar-refractivity contribution >= 4 is 11.9 Å². The maximum absolute atomic E-state index is 12.1. The zero-order valence-corrected chi connectivity index (χ0v) is 14.8. The van der Waals surface area contributed by atoms with E-state index >= 15 is 0 Å². The van der Waals surface area contributed by atoms with E-state index in [4.69, 9.17) is 14.2 Å². The van der Waals surface area contributed by atoms with Crippen LogP contribution >= 0.6 is 0 Å². The van der Waals surface area contributed by atoms with Gasteiger partial charge in [-0.1, -0.05) is 49.0 Å². The van der Waals surface area contributed by atoms with Crippen molar-refractivity contribution in [3.05, 3.63) is 72.3 Å². The quantitative estimate of drug-likeness (QED) is 0.391. The summed E-state index contributed by atoms with van der Waals surface area (Å²) < 4.78 is 15.3. The van der Waals surface area contributed by atoms with Gasteiger partial charge in [0.15, 0.2) is 0 Å². The molecule has 5 nitrogen and oxygen atoms in total. The maximum Gasteiger partial charge on any atom is 0.338 e. The van der Waals surface area contributed by atoms with Crippen LogP contribution in [0.5, 0.6) is 0 Å². The number of hydrogen-bond acceptors (Lipinski definition) is 5. The van der Waals surface area contributed by atoms with Crippen LogP contribution in [0.25, 0.3) is 11.1 Å². The highest BCUT2D eigenvalue weighted by atomic mass is 16.6. The smallest absolute Gasteiger partial charge is 0.338 e. The predicted molar refractivity (Wildman–Crippen MR) is 98.8 cm³/mol. The fraction of sp³-hybridized carbons (Fsp3) is 0.238. The molecule has 0 unspecified atom stereocenters. The van der Waals surface area contributed by atoms with Crippen LogP contribution in [0.15, 0.2) is 66.7 Å². The topological polar surface area (TPSA) is 61.8 Å². The number of hydrogen-bond donors (Lipinski definition) is 0. The molecule has 0 aromatic heterocycles. The van der Waals surface area contributed by atoms with Gasteiger partial charge in [-0.2, -0.15) is 0 Å². The van der Waals surface area contributed by atoms with Crippen LogP contribution in [0.1, 0.15) is 17.3 Å². The highest BCUT2D eigenvalue weighted by Crippen LogP contribution is 2.20. The first kappa shape index (κ1) is 19.4. The number of ether oxygens (including phenoxy) is 3. The Balaban J connectivity index is 1.72. The van der Waals surface area contributed by atoms with E-state index in [0.29, 0.717) is 11.1 Å². The van der Waals surface area contributed by atoms with E-state index in [-0.39, 0.29) is 26.4 Å². The molecule has 5 heteroatoms. The molecule has 0 amide bonds. The number of carbonyl (C=O) groups is 2. The van der Waals surface area contributed by atoms with E-state index in [9.17, 15) is 9.59 Å². The molecule has 0 bridgehead atoms. The van der Waals surface area contributed by atoms with Gasteiger partial charge in [-0.25, -0.2) is 9.59 Å². The average molecular weight is 354 g/mol. The second-order valence-corrected chi connectivity index (χ2v) is 5.61. The number of benzene rings is 2. The summed E-state index contributed by atoms with van der Waals surface area (Å²) in [7, 11) is 0. The summed E-state index contributed by atoms with van der Waals surface area (Å²) in [6.45, 7) is 5.80. The molecule has 2 aromatic carbocycles. The third-order valence-electron chi connectivity index (χ3n) is 3.48. The average Bonchev–Trinajstić information content (AvgIpc) is 2.67. The lowest BCUT2D eigenvalue weighted by atomic mass is 10.0. The molecule has 0 aliphatic carbocycles. The summed E-state index contributed by atoms with van der Waals surface area (Å²) in [5.41, 5.74) is 2.82. The standard InChI is InChI=1S/C21H22O5/c1-16(2)20(22)25-13-11-24-12-14-26-21(23)19-10-6-9-18(15-19)17-7-4-3-5-8-17/h3-10,15H,1,11-14H2,2H3. The zero-order chi connectivity index (χ0) is 18.8. The molecule has 0 fully saturated rings. The van der Waals surface area contributed by atoms with E-state index in [0.717, 1.165) is 11.1 Å². The summed E-state index contributed by atoms with van der Waals surface area (Å²) in [6.07, 6.45) is 0. The van der Waals surface area contributed by atoms with Crippen molar-refractivity contribution in [2.75, 3.05) is 26.4 Å². The predicted octanol–water partition coefficient (Wildman–Crippen LogP) is 3.65. The van der Waals surface area contributed by atoms with E-state index in [1.807, 2.05) is 42.5 Å². The molecular weight excluding hydrogens is 332 g/mol. The van der Waals surface area contributed by atoms with Gasteiger partial charge in [0.2, 0.25) is 0 Å². The molecule has 26 heavy (non-hydrogen) atoms. The van der Waals surface area contributed by atoms with Gasteiger partial charge in [0.25, 0.3) is 0 Å². The zero-order valence-electron chi connectivity index (χ0n) is 14.8. The van der Waals surface area contributed by atoms with Crippen LogP contribution in [-0.2, 0) is 19.0 Å². The summed E-state index contributed by atoms with van der Waals surface area (Å²) in [5.74, 6) is -0.849. The molecular formula is C21H22O5. The minimum absolute atomic E-state index is 0.128. The van der Waals surface area contributed by atoms with Gasteiger partial charge in [0.1, 0.15) is 13.2 Å². The van der Waals surface area contributed by atoms with Crippen molar-refractivity contribution in [3.63, 3.8) is 0 Å². The molecule has 0 radical (unpaired) electrons. The molecule has 0 aliphatic rings. The monoisotopic (exact) mass is 354 g/mol. The Morgan fingerprint density at radius 1 is 0.846 bits per heavy atom. The molecule has 0 heterocycles. The van der Waals surface area contributed by atoms with Crippen molar-refractivity contribution < 1.29 is 23.8 Å². The summed E-state index contributed by atoms with van der Waals surface area (Å²) in [5, 5.41) is 0. The van der Waals surface area contributed by atoms with Crippen LogP contribution in [0.2, 0.25) is 0 Å². The lowest BCUT2D eigenvalue weighted by molar-refractivity contribution is -0.140. The molecule has 0 atom stereocenters. The van der Waals surface area contributed by atoms with Crippen LogP contribution in [0, 0.1) is 0 Å².